The van der Waals surface area contributed by atoms with Crippen molar-refractivity contribution < 1.29 is 9.90 Å². The largest absolute Gasteiger partial charge is 0.481 e. The van der Waals surface area contributed by atoms with Crippen molar-refractivity contribution in [2.45, 2.75) is 39.5 Å². The predicted octanol–water partition coefficient (Wildman–Crippen LogP) is 2.37. The average molecular weight is 239 g/mol. The molecule has 98 valence electrons. The SMILES string of the molecule is CC(C)C1CCC(C2CNCC2C(=O)O)CC1. The second kappa shape index (κ2) is 5.38. The van der Waals surface area contributed by atoms with Crippen molar-refractivity contribution in [1.82, 2.24) is 5.32 Å². The molecular formula is C14H25NO2. The summed E-state index contributed by atoms with van der Waals surface area (Å²) < 4.78 is 0. The summed E-state index contributed by atoms with van der Waals surface area (Å²) in [6.45, 7) is 6.20. The van der Waals surface area contributed by atoms with Crippen LogP contribution in [0.1, 0.15) is 39.5 Å². The maximum atomic E-state index is 11.2. The van der Waals surface area contributed by atoms with Crippen LogP contribution in [0.3, 0.4) is 0 Å². The standard InChI is InChI=1S/C14H25NO2/c1-9(2)10-3-5-11(6-4-10)12-7-15-8-13(12)14(16)17/h9-13,15H,3-8H2,1-2H3,(H,16,17). The van der Waals surface area contributed by atoms with Crippen LogP contribution in [-0.2, 0) is 4.79 Å². The lowest BCUT2D eigenvalue weighted by molar-refractivity contribution is -0.143. The third kappa shape index (κ3) is 2.82. The quantitative estimate of drug-likeness (QED) is 0.795. The molecule has 0 spiro atoms. The summed E-state index contributed by atoms with van der Waals surface area (Å²) in [7, 11) is 0. The van der Waals surface area contributed by atoms with Gasteiger partial charge in [0.2, 0.25) is 0 Å². The van der Waals surface area contributed by atoms with Gasteiger partial charge < -0.3 is 10.4 Å². The van der Waals surface area contributed by atoms with Crippen molar-refractivity contribution in [3.63, 3.8) is 0 Å². The predicted molar refractivity (Wildman–Crippen MR) is 67.8 cm³/mol. The van der Waals surface area contributed by atoms with E-state index < -0.39 is 5.97 Å². The first-order chi connectivity index (χ1) is 8.09. The van der Waals surface area contributed by atoms with Crippen LogP contribution in [0.2, 0.25) is 0 Å². The van der Waals surface area contributed by atoms with Crippen LogP contribution in [0.25, 0.3) is 0 Å². The Morgan fingerprint density at radius 3 is 2.35 bits per heavy atom. The van der Waals surface area contributed by atoms with Crippen molar-refractivity contribution in [1.29, 1.82) is 0 Å². The van der Waals surface area contributed by atoms with Gasteiger partial charge in [-0.05, 0) is 55.9 Å². The highest BCUT2D eigenvalue weighted by molar-refractivity contribution is 5.71. The first-order valence-corrected chi connectivity index (χ1v) is 7.03. The Hall–Kier alpha value is -0.570. The van der Waals surface area contributed by atoms with E-state index in [-0.39, 0.29) is 5.92 Å². The summed E-state index contributed by atoms with van der Waals surface area (Å²) >= 11 is 0. The van der Waals surface area contributed by atoms with Crippen molar-refractivity contribution in [2.24, 2.45) is 29.6 Å². The van der Waals surface area contributed by atoms with E-state index in [0.29, 0.717) is 18.4 Å². The molecule has 2 N–H and O–H groups in total. The van der Waals surface area contributed by atoms with Crippen molar-refractivity contribution in [3.8, 4) is 0 Å². The monoisotopic (exact) mass is 239 g/mol. The van der Waals surface area contributed by atoms with Crippen LogP contribution < -0.4 is 5.32 Å². The first kappa shape index (κ1) is 12.9. The fourth-order valence-electron chi connectivity index (χ4n) is 3.70. The Kier molecular flexibility index (Phi) is 4.08. The number of rotatable bonds is 3. The zero-order valence-electron chi connectivity index (χ0n) is 11.0. The highest BCUT2D eigenvalue weighted by Crippen LogP contribution is 2.40. The van der Waals surface area contributed by atoms with Crippen LogP contribution in [0, 0.1) is 29.6 Å². The van der Waals surface area contributed by atoms with Gasteiger partial charge in [-0.2, -0.15) is 0 Å². The van der Waals surface area contributed by atoms with Crippen molar-refractivity contribution in [3.05, 3.63) is 0 Å². The third-order valence-corrected chi connectivity index (χ3v) is 4.94. The molecule has 1 saturated carbocycles. The molecule has 0 bridgehead atoms. The van der Waals surface area contributed by atoms with Gasteiger partial charge in [0.1, 0.15) is 0 Å². The lowest BCUT2D eigenvalue weighted by Gasteiger charge is -2.35. The van der Waals surface area contributed by atoms with E-state index in [0.717, 1.165) is 18.4 Å². The van der Waals surface area contributed by atoms with E-state index in [1.165, 1.54) is 25.7 Å². The summed E-state index contributed by atoms with van der Waals surface area (Å²) in [4.78, 5) is 11.2. The second-order valence-electron chi connectivity index (χ2n) is 6.19. The number of hydrogen-bond donors (Lipinski definition) is 2. The Balaban J connectivity index is 1.90. The number of aliphatic carboxylic acids is 1. The van der Waals surface area contributed by atoms with Crippen molar-refractivity contribution in [2.75, 3.05) is 13.1 Å². The fraction of sp³-hybridized carbons (Fsp3) is 0.929. The summed E-state index contributed by atoms with van der Waals surface area (Å²) in [5.41, 5.74) is 0. The molecule has 0 aromatic carbocycles. The van der Waals surface area contributed by atoms with E-state index >= 15 is 0 Å². The van der Waals surface area contributed by atoms with Gasteiger partial charge in [-0.1, -0.05) is 13.8 Å². The maximum absolute atomic E-state index is 11.2. The van der Waals surface area contributed by atoms with Gasteiger partial charge in [0.15, 0.2) is 0 Å². The number of carboxylic acids is 1. The smallest absolute Gasteiger partial charge is 0.308 e. The minimum absolute atomic E-state index is 0.143. The summed E-state index contributed by atoms with van der Waals surface area (Å²) in [5, 5.41) is 12.5. The van der Waals surface area contributed by atoms with Crippen LogP contribution in [-0.4, -0.2) is 24.2 Å². The zero-order chi connectivity index (χ0) is 12.4. The van der Waals surface area contributed by atoms with Crippen LogP contribution in [0.5, 0.6) is 0 Å². The molecule has 17 heavy (non-hydrogen) atoms. The van der Waals surface area contributed by atoms with Gasteiger partial charge >= 0.3 is 5.97 Å². The molecule has 3 nitrogen and oxygen atoms in total. The molecule has 2 unspecified atom stereocenters. The van der Waals surface area contributed by atoms with E-state index in [9.17, 15) is 9.90 Å². The topological polar surface area (TPSA) is 49.3 Å². The van der Waals surface area contributed by atoms with E-state index in [2.05, 4.69) is 19.2 Å². The van der Waals surface area contributed by atoms with E-state index in [1.807, 2.05) is 0 Å². The molecule has 2 rings (SSSR count). The zero-order valence-corrected chi connectivity index (χ0v) is 11.0. The highest BCUT2D eigenvalue weighted by atomic mass is 16.4. The van der Waals surface area contributed by atoms with Gasteiger partial charge in [0.25, 0.3) is 0 Å². The van der Waals surface area contributed by atoms with Crippen LogP contribution in [0.15, 0.2) is 0 Å². The van der Waals surface area contributed by atoms with Gasteiger partial charge in [0, 0.05) is 6.54 Å². The second-order valence-corrected chi connectivity index (χ2v) is 6.19. The molecule has 2 fully saturated rings. The average Bonchev–Trinajstić information content (AvgIpc) is 2.78. The molecule has 1 aliphatic heterocycles. The normalized spacial score (nSPS) is 38.5. The molecular weight excluding hydrogens is 214 g/mol. The molecule has 2 aliphatic rings. The molecule has 1 heterocycles. The molecule has 2 atom stereocenters. The van der Waals surface area contributed by atoms with E-state index in [1.54, 1.807) is 0 Å². The molecule has 1 saturated heterocycles. The van der Waals surface area contributed by atoms with Gasteiger partial charge in [-0.25, -0.2) is 0 Å². The Morgan fingerprint density at radius 1 is 1.18 bits per heavy atom. The Morgan fingerprint density at radius 2 is 1.82 bits per heavy atom. The van der Waals surface area contributed by atoms with E-state index in [4.69, 9.17) is 0 Å². The molecule has 0 amide bonds. The fourth-order valence-corrected chi connectivity index (χ4v) is 3.70. The van der Waals surface area contributed by atoms with Gasteiger partial charge in [-0.15, -0.1) is 0 Å². The minimum atomic E-state index is -0.606. The Bertz CT molecular complexity index is 269. The number of nitrogens with one attached hydrogen (secondary N) is 1. The minimum Gasteiger partial charge on any atom is -0.481 e. The summed E-state index contributed by atoms with van der Waals surface area (Å²) in [6.07, 6.45) is 5.06. The molecule has 1 aliphatic carbocycles. The number of hydrogen-bond acceptors (Lipinski definition) is 2. The van der Waals surface area contributed by atoms with Crippen LogP contribution >= 0.6 is 0 Å². The lowest BCUT2D eigenvalue weighted by atomic mass is 9.70. The molecule has 0 aromatic heterocycles. The molecule has 0 radical (unpaired) electrons. The highest BCUT2D eigenvalue weighted by Gasteiger charge is 2.39. The lowest BCUT2D eigenvalue weighted by Crippen LogP contribution is -2.31. The maximum Gasteiger partial charge on any atom is 0.308 e. The molecule has 0 aromatic rings. The third-order valence-electron chi connectivity index (χ3n) is 4.94. The van der Waals surface area contributed by atoms with Gasteiger partial charge in [-0.3, -0.25) is 4.79 Å². The molecule has 3 heteroatoms. The van der Waals surface area contributed by atoms with Crippen molar-refractivity contribution >= 4 is 5.97 Å². The first-order valence-electron chi connectivity index (χ1n) is 7.03. The van der Waals surface area contributed by atoms with Crippen LogP contribution in [0.4, 0.5) is 0 Å². The van der Waals surface area contributed by atoms with Gasteiger partial charge in [0.05, 0.1) is 5.92 Å². The number of carboxylic acid groups (broad SMARTS) is 1. The summed E-state index contributed by atoms with van der Waals surface area (Å²) in [6, 6.07) is 0. The number of carbonyl (C=O) groups is 1. The summed E-state index contributed by atoms with van der Waals surface area (Å²) in [5.74, 6) is 1.92. The Labute approximate surface area is 104 Å².